The molecule has 1 heterocycles. The summed E-state index contributed by atoms with van der Waals surface area (Å²) < 4.78 is 11.0. The maximum atomic E-state index is 12.1. The summed E-state index contributed by atoms with van der Waals surface area (Å²) in [4.78, 5) is 20.5. The van der Waals surface area contributed by atoms with Crippen molar-refractivity contribution in [3.05, 3.63) is 35.4 Å². The number of hydrogen-bond acceptors (Lipinski definition) is 4. The molecule has 0 unspecified atom stereocenters. The number of benzene rings is 1. The fraction of sp³-hybridized carbons (Fsp3) is 0.636. The van der Waals surface area contributed by atoms with Gasteiger partial charge in [-0.3, -0.25) is 9.79 Å². The van der Waals surface area contributed by atoms with Gasteiger partial charge in [0.2, 0.25) is 0 Å². The van der Waals surface area contributed by atoms with Gasteiger partial charge < -0.3 is 24.6 Å². The Bertz CT molecular complexity index is 655. The number of methoxy groups -OCH3 is 1. The van der Waals surface area contributed by atoms with Crippen LogP contribution in [0.4, 0.5) is 0 Å². The first-order chi connectivity index (χ1) is 14.0. The van der Waals surface area contributed by atoms with E-state index in [4.69, 9.17) is 9.47 Å². The molecule has 1 amide bonds. The van der Waals surface area contributed by atoms with Crippen molar-refractivity contribution in [2.45, 2.75) is 31.8 Å². The van der Waals surface area contributed by atoms with Gasteiger partial charge in [0.25, 0.3) is 5.91 Å². The first kappa shape index (κ1) is 23.2. The predicted molar refractivity (Wildman–Crippen MR) is 117 cm³/mol. The number of piperidine rings is 1. The number of hydrogen-bond donors (Lipinski definition) is 1. The topological polar surface area (TPSA) is 66.4 Å². The van der Waals surface area contributed by atoms with Crippen LogP contribution in [0.5, 0.6) is 0 Å². The number of nitrogens with one attached hydrogen (secondary N) is 1. The number of carbonyl (C=O) groups is 1. The van der Waals surface area contributed by atoms with Crippen molar-refractivity contribution >= 4 is 11.9 Å². The molecular formula is C22H36N4O3. The zero-order chi connectivity index (χ0) is 21.1. The van der Waals surface area contributed by atoms with Crippen LogP contribution >= 0.6 is 0 Å². The van der Waals surface area contributed by atoms with Crippen LogP contribution in [0.1, 0.15) is 35.2 Å². The van der Waals surface area contributed by atoms with Crippen molar-refractivity contribution < 1.29 is 14.3 Å². The van der Waals surface area contributed by atoms with Crippen LogP contribution in [0.2, 0.25) is 0 Å². The highest BCUT2D eigenvalue weighted by Crippen LogP contribution is 2.14. The van der Waals surface area contributed by atoms with Crippen LogP contribution in [0.3, 0.4) is 0 Å². The molecular weight excluding hydrogens is 368 g/mol. The van der Waals surface area contributed by atoms with Gasteiger partial charge in [0.05, 0.1) is 6.10 Å². The Labute approximate surface area is 175 Å². The Morgan fingerprint density at radius 1 is 1.28 bits per heavy atom. The molecule has 0 atom stereocenters. The molecule has 0 aliphatic carbocycles. The first-order valence-corrected chi connectivity index (χ1v) is 10.4. The van der Waals surface area contributed by atoms with Crippen LogP contribution in [0.15, 0.2) is 29.3 Å². The highest BCUT2D eigenvalue weighted by atomic mass is 16.5. The van der Waals surface area contributed by atoms with E-state index in [1.807, 2.05) is 25.2 Å². The Hall–Kier alpha value is -2.12. The van der Waals surface area contributed by atoms with E-state index in [1.54, 1.807) is 26.1 Å². The highest BCUT2D eigenvalue weighted by Gasteiger charge is 2.21. The van der Waals surface area contributed by atoms with E-state index in [2.05, 4.69) is 21.3 Å². The molecule has 1 aliphatic rings. The van der Waals surface area contributed by atoms with Crippen LogP contribution in [0, 0.1) is 0 Å². The summed E-state index contributed by atoms with van der Waals surface area (Å²) in [7, 11) is 7.09. The summed E-state index contributed by atoms with van der Waals surface area (Å²) in [6.45, 7) is 4.19. The number of guanidine groups is 1. The number of aliphatic imine (C=N–C) groups is 1. The second kappa shape index (κ2) is 12.4. The van der Waals surface area contributed by atoms with Gasteiger partial charge in [-0.25, -0.2) is 0 Å². The van der Waals surface area contributed by atoms with E-state index >= 15 is 0 Å². The molecule has 0 bridgehead atoms. The SMILES string of the molecule is CN=C(NCCc1cccc(C(=O)N(C)C)c1)N1CCC(OCCCOC)CC1. The quantitative estimate of drug-likeness (QED) is 0.388. The minimum atomic E-state index is 0.0305. The maximum absolute atomic E-state index is 12.1. The molecule has 0 saturated carbocycles. The molecule has 162 valence electrons. The second-order valence-electron chi connectivity index (χ2n) is 7.53. The van der Waals surface area contributed by atoms with E-state index in [1.165, 1.54) is 0 Å². The monoisotopic (exact) mass is 404 g/mol. The second-order valence-corrected chi connectivity index (χ2v) is 7.53. The lowest BCUT2D eigenvalue weighted by atomic mass is 10.1. The van der Waals surface area contributed by atoms with Crippen molar-refractivity contribution in [1.82, 2.24) is 15.1 Å². The Morgan fingerprint density at radius 3 is 2.69 bits per heavy atom. The van der Waals surface area contributed by atoms with Crippen molar-refractivity contribution in [2.24, 2.45) is 4.99 Å². The van der Waals surface area contributed by atoms with E-state index < -0.39 is 0 Å². The van der Waals surface area contributed by atoms with Crippen molar-refractivity contribution in [3.63, 3.8) is 0 Å². The number of likely N-dealkylation sites (tertiary alicyclic amines) is 1. The van der Waals surface area contributed by atoms with Crippen molar-refractivity contribution in [3.8, 4) is 0 Å². The van der Waals surface area contributed by atoms with Gasteiger partial charge in [-0.05, 0) is 43.4 Å². The average molecular weight is 405 g/mol. The van der Waals surface area contributed by atoms with Gasteiger partial charge in [-0.2, -0.15) is 0 Å². The number of ether oxygens (including phenoxy) is 2. The zero-order valence-electron chi connectivity index (χ0n) is 18.3. The standard InChI is InChI=1S/C22H36N4O3/c1-23-22(26-13-10-20(11-14-26)29-16-6-15-28-4)24-12-9-18-7-5-8-19(17-18)21(27)25(2)3/h5,7-8,17,20H,6,9-16H2,1-4H3,(H,23,24). The molecule has 1 aromatic rings. The van der Waals surface area contributed by atoms with E-state index in [-0.39, 0.29) is 5.91 Å². The molecule has 29 heavy (non-hydrogen) atoms. The van der Waals surface area contributed by atoms with Gasteiger partial charge in [0.1, 0.15) is 0 Å². The average Bonchev–Trinajstić information content (AvgIpc) is 2.74. The van der Waals surface area contributed by atoms with Gasteiger partial charge in [-0.15, -0.1) is 0 Å². The third-order valence-corrected chi connectivity index (χ3v) is 5.08. The lowest BCUT2D eigenvalue weighted by Crippen LogP contribution is -2.47. The molecule has 2 rings (SSSR count). The van der Waals surface area contributed by atoms with Gasteiger partial charge in [0, 0.05) is 66.7 Å². The number of rotatable bonds is 9. The van der Waals surface area contributed by atoms with E-state index in [9.17, 15) is 4.79 Å². The van der Waals surface area contributed by atoms with E-state index in [0.717, 1.165) is 75.6 Å². The largest absolute Gasteiger partial charge is 0.385 e. The molecule has 0 spiro atoms. The number of nitrogens with zero attached hydrogens (tertiary/aromatic N) is 3. The zero-order valence-corrected chi connectivity index (χ0v) is 18.3. The number of carbonyl (C=O) groups excluding carboxylic acids is 1. The molecule has 1 N–H and O–H groups in total. The predicted octanol–water partition coefficient (Wildman–Crippen LogP) is 2.02. The van der Waals surface area contributed by atoms with Gasteiger partial charge in [-0.1, -0.05) is 12.1 Å². The van der Waals surface area contributed by atoms with Crippen LogP contribution in [-0.2, 0) is 15.9 Å². The fourth-order valence-corrected chi connectivity index (χ4v) is 3.46. The smallest absolute Gasteiger partial charge is 0.253 e. The lowest BCUT2D eigenvalue weighted by Gasteiger charge is -2.34. The minimum absolute atomic E-state index is 0.0305. The lowest BCUT2D eigenvalue weighted by molar-refractivity contribution is 0.00991. The Balaban J connectivity index is 1.75. The normalized spacial score (nSPS) is 15.4. The molecule has 0 radical (unpaired) electrons. The van der Waals surface area contributed by atoms with Gasteiger partial charge in [0.15, 0.2) is 5.96 Å². The maximum Gasteiger partial charge on any atom is 0.253 e. The summed E-state index contributed by atoms with van der Waals surface area (Å²) in [5, 5.41) is 3.46. The summed E-state index contributed by atoms with van der Waals surface area (Å²) in [5.41, 5.74) is 1.87. The Morgan fingerprint density at radius 2 is 2.03 bits per heavy atom. The van der Waals surface area contributed by atoms with Crippen LogP contribution in [0.25, 0.3) is 0 Å². The summed E-state index contributed by atoms with van der Waals surface area (Å²) >= 11 is 0. The number of amides is 1. The van der Waals surface area contributed by atoms with Crippen molar-refractivity contribution in [1.29, 1.82) is 0 Å². The molecule has 1 fully saturated rings. The van der Waals surface area contributed by atoms with Crippen LogP contribution in [-0.4, -0.2) is 88.9 Å². The summed E-state index contributed by atoms with van der Waals surface area (Å²) in [6, 6.07) is 7.83. The van der Waals surface area contributed by atoms with Crippen molar-refractivity contribution in [2.75, 3.05) is 61.1 Å². The highest BCUT2D eigenvalue weighted by molar-refractivity contribution is 5.94. The molecule has 0 aromatic heterocycles. The van der Waals surface area contributed by atoms with Gasteiger partial charge >= 0.3 is 0 Å². The summed E-state index contributed by atoms with van der Waals surface area (Å²) in [5.74, 6) is 0.964. The fourth-order valence-electron chi connectivity index (χ4n) is 3.46. The third-order valence-electron chi connectivity index (χ3n) is 5.08. The Kier molecular flexibility index (Phi) is 9.94. The van der Waals surface area contributed by atoms with Crippen LogP contribution < -0.4 is 5.32 Å². The third kappa shape index (κ3) is 7.66. The minimum Gasteiger partial charge on any atom is -0.385 e. The molecule has 1 saturated heterocycles. The van der Waals surface area contributed by atoms with E-state index in [0.29, 0.717) is 6.10 Å². The molecule has 7 heteroatoms. The molecule has 1 aliphatic heterocycles. The molecule has 1 aromatic carbocycles. The first-order valence-electron chi connectivity index (χ1n) is 10.4. The summed E-state index contributed by atoms with van der Waals surface area (Å²) in [6.07, 6.45) is 4.15. The molecule has 7 nitrogen and oxygen atoms in total.